The van der Waals surface area contributed by atoms with Crippen molar-refractivity contribution in [3.8, 4) is 11.5 Å². The fourth-order valence-corrected chi connectivity index (χ4v) is 2.20. The SMILES string of the molecule is COc1cc(/C=N\OCc2ccc(C)cc2)cc(Cl)c1OC. The largest absolute Gasteiger partial charge is 0.493 e. The quantitative estimate of drug-likeness (QED) is 0.591. The Labute approximate surface area is 135 Å². The highest BCUT2D eigenvalue weighted by Gasteiger charge is 2.09. The molecule has 0 saturated carbocycles. The molecule has 0 aliphatic rings. The minimum absolute atomic E-state index is 0.414. The summed E-state index contributed by atoms with van der Waals surface area (Å²) in [4.78, 5) is 5.29. The van der Waals surface area contributed by atoms with Gasteiger partial charge in [0, 0.05) is 5.56 Å². The summed E-state index contributed by atoms with van der Waals surface area (Å²) in [6.45, 7) is 2.46. The second-order valence-corrected chi connectivity index (χ2v) is 5.14. The van der Waals surface area contributed by atoms with Gasteiger partial charge in [-0.25, -0.2) is 0 Å². The molecule has 0 aliphatic heterocycles. The van der Waals surface area contributed by atoms with E-state index in [0.717, 1.165) is 11.1 Å². The van der Waals surface area contributed by atoms with Gasteiger partial charge in [-0.1, -0.05) is 46.6 Å². The van der Waals surface area contributed by atoms with Gasteiger partial charge in [-0.3, -0.25) is 0 Å². The van der Waals surface area contributed by atoms with Crippen molar-refractivity contribution in [3.05, 3.63) is 58.1 Å². The van der Waals surface area contributed by atoms with Crippen LogP contribution in [0.15, 0.2) is 41.6 Å². The molecule has 2 aromatic rings. The van der Waals surface area contributed by atoms with Crippen molar-refractivity contribution in [1.29, 1.82) is 0 Å². The molecular weight excluding hydrogens is 302 g/mol. The van der Waals surface area contributed by atoms with Crippen LogP contribution in [0.5, 0.6) is 11.5 Å². The van der Waals surface area contributed by atoms with Gasteiger partial charge in [0.2, 0.25) is 0 Å². The first-order chi connectivity index (χ1) is 10.6. The maximum atomic E-state index is 6.13. The fourth-order valence-electron chi connectivity index (χ4n) is 1.91. The van der Waals surface area contributed by atoms with E-state index in [9.17, 15) is 0 Å². The van der Waals surface area contributed by atoms with Crippen molar-refractivity contribution in [2.24, 2.45) is 5.16 Å². The molecule has 0 aliphatic carbocycles. The molecule has 0 unspecified atom stereocenters. The molecular formula is C17H18ClNO3. The van der Waals surface area contributed by atoms with Crippen LogP contribution in [0.2, 0.25) is 5.02 Å². The first kappa shape index (κ1) is 16.2. The van der Waals surface area contributed by atoms with Gasteiger partial charge >= 0.3 is 0 Å². The summed E-state index contributed by atoms with van der Waals surface area (Å²) in [5, 5.41) is 4.41. The van der Waals surface area contributed by atoms with Gasteiger partial charge in [0.1, 0.15) is 6.61 Å². The number of aryl methyl sites for hydroxylation is 1. The van der Waals surface area contributed by atoms with E-state index < -0.39 is 0 Å². The molecule has 116 valence electrons. The number of hydrogen-bond acceptors (Lipinski definition) is 4. The first-order valence-corrected chi connectivity index (χ1v) is 7.14. The van der Waals surface area contributed by atoms with Crippen molar-refractivity contribution >= 4 is 17.8 Å². The van der Waals surface area contributed by atoms with E-state index in [1.54, 1.807) is 32.6 Å². The Morgan fingerprint density at radius 3 is 2.45 bits per heavy atom. The van der Waals surface area contributed by atoms with E-state index in [4.69, 9.17) is 25.9 Å². The van der Waals surface area contributed by atoms with Gasteiger partial charge in [0.15, 0.2) is 11.5 Å². The topological polar surface area (TPSA) is 40.0 Å². The molecule has 2 aromatic carbocycles. The monoisotopic (exact) mass is 319 g/mol. The molecule has 22 heavy (non-hydrogen) atoms. The van der Waals surface area contributed by atoms with E-state index in [0.29, 0.717) is 23.1 Å². The van der Waals surface area contributed by atoms with E-state index >= 15 is 0 Å². The number of nitrogens with zero attached hydrogens (tertiary/aromatic N) is 1. The molecule has 0 spiro atoms. The van der Waals surface area contributed by atoms with Gasteiger partial charge < -0.3 is 14.3 Å². The number of halogens is 1. The van der Waals surface area contributed by atoms with E-state index in [-0.39, 0.29) is 0 Å². The summed E-state index contributed by atoms with van der Waals surface area (Å²) in [5.41, 5.74) is 3.05. The predicted octanol–water partition coefficient (Wildman–Crippen LogP) is 4.22. The minimum atomic E-state index is 0.414. The second-order valence-electron chi connectivity index (χ2n) is 4.73. The van der Waals surface area contributed by atoms with Crippen molar-refractivity contribution < 1.29 is 14.3 Å². The number of ether oxygens (including phenoxy) is 2. The highest BCUT2D eigenvalue weighted by atomic mass is 35.5. The Morgan fingerprint density at radius 1 is 1.09 bits per heavy atom. The third-order valence-electron chi connectivity index (χ3n) is 3.08. The van der Waals surface area contributed by atoms with Crippen molar-refractivity contribution in [2.75, 3.05) is 14.2 Å². The number of benzene rings is 2. The zero-order valence-corrected chi connectivity index (χ0v) is 13.6. The average molecular weight is 320 g/mol. The Morgan fingerprint density at radius 2 is 1.82 bits per heavy atom. The van der Waals surface area contributed by atoms with Gasteiger partial charge in [-0.2, -0.15) is 0 Å². The lowest BCUT2D eigenvalue weighted by Gasteiger charge is -2.09. The summed E-state index contributed by atoms with van der Waals surface area (Å²) in [6.07, 6.45) is 1.59. The summed E-state index contributed by atoms with van der Waals surface area (Å²) in [7, 11) is 3.10. The van der Waals surface area contributed by atoms with Crippen LogP contribution in [0.3, 0.4) is 0 Å². The Hall–Kier alpha value is -2.20. The third kappa shape index (κ3) is 4.15. The lowest BCUT2D eigenvalue weighted by atomic mass is 10.2. The molecule has 0 bridgehead atoms. The zero-order valence-electron chi connectivity index (χ0n) is 12.8. The molecule has 0 aromatic heterocycles. The third-order valence-corrected chi connectivity index (χ3v) is 3.36. The van der Waals surface area contributed by atoms with Crippen LogP contribution < -0.4 is 9.47 Å². The normalized spacial score (nSPS) is 10.7. The van der Waals surface area contributed by atoms with Crippen LogP contribution in [0.1, 0.15) is 16.7 Å². The van der Waals surface area contributed by atoms with Crippen LogP contribution in [-0.2, 0) is 11.4 Å². The lowest BCUT2D eigenvalue weighted by Crippen LogP contribution is -1.94. The highest BCUT2D eigenvalue weighted by Crippen LogP contribution is 2.35. The maximum absolute atomic E-state index is 6.13. The summed E-state index contributed by atoms with van der Waals surface area (Å²) < 4.78 is 10.4. The summed E-state index contributed by atoms with van der Waals surface area (Å²) in [6, 6.07) is 11.6. The first-order valence-electron chi connectivity index (χ1n) is 6.76. The average Bonchev–Trinajstić information content (AvgIpc) is 2.52. The molecule has 0 radical (unpaired) electrons. The number of hydrogen-bond donors (Lipinski definition) is 0. The van der Waals surface area contributed by atoms with E-state index in [1.165, 1.54) is 5.56 Å². The smallest absolute Gasteiger partial charge is 0.179 e. The van der Waals surface area contributed by atoms with Crippen LogP contribution in [-0.4, -0.2) is 20.4 Å². The van der Waals surface area contributed by atoms with Crippen LogP contribution in [0.25, 0.3) is 0 Å². The Bertz CT molecular complexity index is 654. The molecule has 0 atom stereocenters. The number of oxime groups is 1. The second kappa shape index (κ2) is 7.71. The minimum Gasteiger partial charge on any atom is -0.493 e. The molecule has 5 heteroatoms. The zero-order chi connectivity index (χ0) is 15.9. The molecule has 0 amide bonds. The van der Waals surface area contributed by atoms with Gasteiger partial charge in [0.25, 0.3) is 0 Å². The van der Waals surface area contributed by atoms with Gasteiger partial charge in [0.05, 0.1) is 25.5 Å². The fraction of sp³-hybridized carbons (Fsp3) is 0.235. The van der Waals surface area contributed by atoms with Crippen molar-refractivity contribution in [3.63, 3.8) is 0 Å². The highest BCUT2D eigenvalue weighted by molar-refractivity contribution is 6.32. The van der Waals surface area contributed by atoms with E-state index in [1.807, 2.05) is 31.2 Å². The van der Waals surface area contributed by atoms with E-state index in [2.05, 4.69) is 5.16 Å². The molecule has 0 fully saturated rings. The molecule has 0 N–H and O–H groups in total. The predicted molar refractivity (Wildman–Crippen MR) is 88.1 cm³/mol. The standard InChI is InChI=1S/C17H18ClNO3/c1-12-4-6-13(7-5-12)11-22-19-10-14-8-15(18)17(21-3)16(9-14)20-2/h4-10H,11H2,1-3H3/b19-10-. The Kier molecular flexibility index (Phi) is 5.67. The Balaban J connectivity index is 2.01. The summed E-state index contributed by atoms with van der Waals surface area (Å²) >= 11 is 6.13. The molecule has 4 nitrogen and oxygen atoms in total. The van der Waals surface area contributed by atoms with Crippen molar-refractivity contribution in [2.45, 2.75) is 13.5 Å². The summed E-state index contributed by atoms with van der Waals surface area (Å²) in [5.74, 6) is 1.05. The number of methoxy groups -OCH3 is 2. The lowest BCUT2D eigenvalue weighted by molar-refractivity contribution is 0.132. The number of rotatable bonds is 6. The maximum Gasteiger partial charge on any atom is 0.179 e. The van der Waals surface area contributed by atoms with Gasteiger partial charge in [-0.05, 0) is 24.6 Å². The molecule has 0 heterocycles. The van der Waals surface area contributed by atoms with Crippen molar-refractivity contribution in [1.82, 2.24) is 0 Å². The molecule has 0 saturated heterocycles. The van der Waals surface area contributed by atoms with Crippen LogP contribution in [0, 0.1) is 6.92 Å². The van der Waals surface area contributed by atoms with Crippen LogP contribution >= 0.6 is 11.6 Å². The van der Waals surface area contributed by atoms with Crippen LogP contribution in [0.4, 0.5) is 0 Å². The van der Waals surface area contributed by atoms with Gasteiger partial charge in [-0.15, -0.1) is 0 Å². The molecule has 2 rings (SSSR count).